The molecule has 2 aromatic rings. The molecule has 2 N–H and O–H groups in total. The molecule has 12 heteroatoms. The Hall–Kier alpha value is -1.89. The van der Waals surface area contributed by atoms with E-state index in [1.54, 1.807) is 6.92 Å². The highest BCUT2D eigenvalue weighted by Crippen LogP contribution is 2.42. The number of hydrogen-bond donors (Lipinski definition) is 2. The van der Waals surface area contributed by atoms with E-state index in [9.17, 15) is 19.5 Å². The SMILES string of the molecule is Cc1nnc(SCC2=C(C(=O)O)N3C(=O)C(NC(=O)C(C)c4cccs4)[C@@H]3SC2)s1. The number of fused-ring (bicyclic) bond motifs is 1. The van der Waals surface area contributed by atoms with Gasteiger partial charge in [-0.2, -0.15) is 0 Å². The molecule has 0 saturated carbocycles. The molecule has 0 bridgehead atoms. The third-order valence-corrected chi connectivity index (χ3v) is 9.24. The van der Waals surface area contributed by atoms with Crippen molar-refractivity contribution in [3.63, 3.8) is 0 Å². The van der Waals surface area contributed by atoms with Crippen molar-refractivity contribution in [2.45, 2.75) is 35.5 Å². The van der Waals surface area contributed by atoms with Crippen LogP contribution in [-0.2, 0) is 14.4 Å². The van der Waals surface area contributed by atoms with Crippen molar-refractivity contribution in [3.8, 4) is 0 Å². The molecule has 1 saturated heterocycles. The van der Waals surface area contributed by atoms with Gasteiger partial charge in [0, 0.05) is 16.4 Å². The minimum Gasteiger partial charge on any atom is -0.477 e. The molecule has 3 atom stereocenters. The van der Waals surface area contributed by atoms with Gasteiger partial charge in [-0.15, -0.1) is 33.3 Å². The van der Waals surface area contributed by atoms with E-state index in [0.717, 1.165) is 14.2 Å². The molecule has 8 nitrogen and oxygen atoms in total. The first-order valence-corrected chi connectivity index (χ1v) is 12.8. The molecule has 0 aliphatic carbocycles. The fourth-order valence-corrected chi connectivity index (χ4v) is 7.31. The van der Waals surface area contributed by atoms with Crippen molar-refractivity contribution in [1.29, 1.82) is 0 Å². The number of aliphatic carboxylic acids is 1. The van der Waals surface area contributed by atoms with E-state index in [1.807, 2.05) is 24.4 Å². The van der Waals surface area contributed by atoms with Crippen molar-refractivity contribution in [2.75, 3.05) is 11.5 Å². The van der Waals surface area contributed by atoms with E-state index in [2.05, 4.69) is 15.5 Å². The molecule has 0 aromatic carbocycles. The quantitative estimate of drug-likeness (QED) is 0.457. The molecule has 2 aromatic heterocycles. The van der Waals surface area contributed by atoms with Gasteiger partial charge in [0.25, 0.3) is 5.91 Å². The fraction of sp³-hybridized carbons (Fsp3) is 0.389. The second kappa shape index (κ2) is 8.69. The van der Waals surface area contributed by atoms with E-state index in [0.29, 0.717) is 17.1 Å². The Morgan fingerprint density at radius 1 is 1.43 bits per heavy atom. The first kappa shape index (κ1) is 21.3. The zero-order valence-corrected chi connectivity index (χ0v) is 19.3. The van der Waals surface area contributed by atoms with Crippen LogP contribution in [0, 0.1) is 6.92 Å². The summed E-state index contributed by atoms with van der Waals surface area (Å²) < 4.78 is 0.763. The molecule has 30 heavy (non-hydrogen) atoms. The van der Waals surface area contributed by atoms with Gasteiger partial charge < -0.3 is 10.4 Å². The van der Waals surface area contributed by atoms with Crippen LogP contribution in [0.25, 0.3) is 0 Å². The number of thioether (sulfide) groups is 2. The van der Waals surface area contributed by atoms with Crippen LogP contribution in [-0.4, -0.2) is 60.9 Å². The molecule has 2 amide bonds. The van der Waals surface area contributed by atoms with E-state index in [4.69, 9.17) is 0 Å². The molecule has 2 unspecified atom stereocenters. The summed E-state index contributed by atoms with van der Waals surface area (Å²) in [6.45, 7) is 3.65. The number of amides is 2. The van der Waals surface area contributed by atoms with Crippen molar-refractivity contribution in [1.82, 2.24) is 20.4 Å². The molecule has 1 fully saturated rings. The number of carbonyl (C=O) groups is 3. The van der Waals surface area contributed by atoms with Crippen LogP contribution in [0.2, 0.25) is 0 Å². The van der Waals surface area contributed by atoms with E-state index < -0.39 is 17.4 Å². The summed E-state index contributed by atoms with van der Waals surface area (Å²) in [5.41, 5.74) is 0.695. The monoisotopic (exact) mass is 482 g/mol. The highest BCUT2D eigenvalue weighted by atomic mass is 32.2. The van der Waals surface area contributed by atoms with Gasteiger partial charge in [-0.05, 0) is 30.9 Å². The van der Waals surface area contributed by atoms with Crippen molar-refractivity contribution < 1.29 is 19.5 Å². The molecular weight excluding hydrogens is 464 g/mol. The Bertz CT molecular complexity index is 1020. The minimum absolute atomic E-state index is 0.0225. The van der Waals surface area contributed by atoms with E-state index in [-0.39, 0.29) is 23.4 Å². The lowest BCUT2D eigenvalue weighted by Crippen LogP contribution is -2.70. The molecule has 4 rings (SSSR count). The number of aromatic nitrogens is 2. The number of aryl methyl sites for hydroxylation is 1. The van der Waals surface area contributed by atoms with E-state index in [1.165, 1.54) is 51.1 Å². The van der Waals surface area contributed by atoms with Crippen LogP contribution < -0.4 is 5.32 Å². The Kier molecular flexibility index (Phi) is 6.19. The first-order chi connectivity index (χ1) is 14.4. The van der Waals surface area contributed by atoms with Gasteiger partial charge in [-0.25, -0.2) is 4.79 Å². The maximum atomic E-state index is 12.8. The Morgan fingerprint density at radius 3 is 2.87 bits per heavy atom. The van der Waals surface area contributed by atoms with Crippen molar-refractivity contribution in [2.24, 2.45) is 0 Å². The van der Waals surface area contributed by atoms with Gasteiger partial charge in [-0.1, -0.05) is 29.2 Å². The van der Waals surface area contributed by atoms with Gasteiger partial charge in [0.2, 0.25) is 5.91 Å². The second-order valence-corrected chi connectivity index (χ2v) is 11.3. The largest absolute Gasteiger partial charge is 0.477 e. The lowest BCUT2D eigenvalue weighted by molar-refractivity contribution is -0.150. The molecule has 2 aliphatic rings. The summed E-state index contributed by atoms with van der Waals surface area (Å²) in [5, 5.41) is 22.9. The van der Waals surface area contributed by atoms with Crippen LogP contribution in [0.3, 0.4) is 0 Å². The maximum Gasteiger partial charge on any atom is 0.352 e. The van der Waals surface area contributed by atoms with Crippen LogP contribution >= 0.6 is 46.2 Å². The third kappa shape index (κ3) is 4.01. The fourth-order valence-electron chi connectivity index (χ4n) is 3.23. The topological polar surface area (TPSA) is 112 Å². The average molecular weight is 483 g/mol. The molecular formula is C18H18N4O4S4. The average Bonchev–Trinajstić information content (AvgIpc) is 3.40. The lowest BCUT2D eigenvalue weighted by atomic mass is 10.0. The number of carboxylic acids is 1. The normalized spacial score (nSPS) is 21.8. The predicted molar refractivity (Wildman–Crippen MR) is 118 cm³/mol. The molecule has 0 spiro atoms. The van der Waals surface area contributed by atoms with E-state index >= 15 is 0 Å². The van der Waals surface area contributed by atoms with Crippen LogP contribution in [0.1, 0.15) is 22.7 Å². The molecule has 0 radical (unpaired) electrons. The molecule has 2 aliphatic heterocycles. The van der Waals surface area contributed by atoms with Crippen molar-refractivity contribution in [3.05, 3.63) is 38.7 Å². The zero-order chi connectivity index (χ0) is 21.4. The second-order valence-electron chi connectivity index (χ2n) is 6.77. The number of nitrogens with one attached hydrogen (secondary N) is 1. The molecule has 158 valence electrons. The van der Waals surface area contributed by atoms with Crippen molar-refractivity contribution >= 4 is 64.0 Å². The highest BCUT2D eigenvalue weighted by Gasteiger charge is 2.54. The summed E-state index contributed by atoms with van der Waals surface area (Å²) in [6, 6.07) is 3.05. The number of carbonyl (C=O) groups excluding carboxylic acids is 2. The minimum atomic E-state index is -1.13. The Labute approximate surface area is 189 Å². The van der Waals surface area contributed by atoms with Crippen LogP contribution in [0.5, 0.6) is 0 Å². The number of hydrogen-bond acceptors (Lipinski definition) is 9. The maximum absolute atomic E-state index is 12.8. The Morgan fingerprint density at radius 2 is 2.23 bits per heavy atom. The van der Waals surface area contributed by atoms with Gasteiger partial charge in [0.05, 0.1) is 5.92 Å². The number of β-lactam (4-membered cyclic amide) rings is 1. The first-order valence-electron chi connectivity index (χ1n) is 9.03. The number of rotatable bonds is 7. The summed E-state index contributed by atoms with van der Waals surface area (Å²) in [7, 11) is 0. The Balaban J connectivity index is 1.46. The number of thiophene rings is 1. The van der Waals surface area contributed by atoms with Gasteiger partial charge >= 0.3 is 5.97 Å². The highest BCUT2D eigenvalue weighted by molar-refractivity contribution is 8.01. The number of carboxylic acid groups (broad SMARTS) is 1. The smallest absolute Gasteiger partial charge is 0.352 e. The zero-order valence-electron chi connectivity index (χ0n) is 16.0. The summed E-state index contributed by atoms with van der Waals surface area (Å²) in [6.07, 6.45) is 0. The van der Waals surface area contributed by atoms with Crippen LogP contribution in [0.15, 0.2) is 33.1 Å². The summed E-state index contributed by atoms with van der Waals surface area (Å²) in [4.78, 5) is 39.5. The summed E-state index contributed by atoms with van der Waals surface area (Å²) in [5.74, 6) is -1.21. The lowest BCUT2D eigenvalue weighted by Gasteiger charge is -2.49. The van der Waals surface area contributed by atoms with Gasteiger partial charge in [0.1, 0.15) is 22.1 Å². The van der Waals surface area contributed by atoms with Gasteiger partial charge in [-0.3, -0.25) is 14.5 Å². The molecule has 4 heterocycles. The predicted octanol–water partition coefficient (Wildman–Crippen LogP) is 2.54. The summed E-state index contributed by atoms with van der Waals surface area (Å²) >= 11 is 5.82. The number of nitrogens with zero attached hydrogens (tertiary/aromatic N) is 3. The van der Waals surface area contributed by atoms with Gasteiger partial charge in [0.15, 0.2) is 4.34 Å². The third-order valence-electron chi connectivity index (χ3n) is 4.79. The van der Waals surface area contributed by atoms with Crippen LogP contribution in [0.4, 0.5) is 0 Å². The standard InChI is InChI=1S/C18H18N4O4S4/c1-8(11-4-3-5-27-11)14(23)19-12-15(24)22-13(17(25)26)10(6-28-16(12)22)7-29-18-21-20-9(2)30-18/h3-5,8,12,16H,6-7H2,1-2H3,(H,19,23)(H,25,26)/t8?,12?,16-/m0/s1.